The lowest BCUT2D eigenvalue weighted by molar-refractivity contribution is 0.0839. The zero-order valence-electron chi connectivity index (χ0n) is 11.4. The first kappa shape index (κ1) is 17.3. The Morgan fingerprint density at radius 1 is 0.708 bits per heavy atom. The molecule has 10 heteroatoms. The minimum absolute atomic E-state index is 0.257. The lowest BCUT2D eigenvalue weighted by Gasteiger charge is -2.10. The van der Waals surface area contributed by atoms with E-state index in [-0.39, 0.29) is 5.56 Å². The Hall–Kier alpha value is -3.04. The largest absolute Gasteiger partial charge is 0.275 e. The fourth-order valence-electron chi connectivity index (χ4n) is 1.68. The summed E-state index contributed by atoms with van der Waals surface area (Å²) in [6.45, 7) is 0. The van der Waals surface area contributed by atoms with Crippen molar-refractivity contribution in [3.05, 3.63) is 70.3 Å². The number of carbonyl (C=O) groups is 2. The summed E-state index contributed by atoms with van der Waals surface area (Å²) < 4.78 is 78.6. The maximum Gasteiger partial charge on any atom is 0.275 e. The van der Waals surface area contributed by atoms with Crippen LogP contribution >= 0.6 is 0 Å². The molecule has 0 heterocycles. The van der Waals surface area contributed by atoms with Gasteiger partial charge in [0.15, 0.2) is 23.3 Å². The molecule has 2 rings (SSSR count). The number of hydrazine groups is 1. The molecule has 0 fully saturated rings. The van der Waals surface area contributed by atoms with Gasteiger partial charge in [0.05, 0.1) is 0 Å². The molecule has 4 nitrogen and oxygen atoms in total. The van der Waals surface area contributed by atoms with Gasteiger partial charge in [0.2, 0.25) is 5.82 Å². The quantitative estimate of drug-likeness (QED) is 0.379. The monoisotopic (exact) mass is 348 g/mol. The predicted molar refractivity (Wildman–Crippen MR) is 67.6 cm³/mol. The first-order chi connectivity index (χ1) is 11.2. The first-order valence-electron chi connectivity index (χ1n) is 6.11. The molecule has 0 unspecified atom stereocenters. The van der Waals surface area contributed by atoms with Crippen LogP contribution in [0.3, 0.4) is 0 Å². The molecule has 2 aromatic rings. The van der Waals surface area contributed by atoms with Crippen LogP contribution < -0.4 is 10.9 Å². The minimum atomic E-state index is -2.43. The topological polar surface area (TPSA) is 58.2 Å². The zero-order chi connectivity index (χ0) is 18.0. The molecule has 0 spiro atoms. The van der Waals surface area contributed by atoms with E-state index in [0.717, 1.165) is 18.2 Å². The van der Waals surface area contributed by atoms with Crippen molar-refractivity contribution in [3.8, 4) is 0 Å². The molecule has 0 bridgehead atoms. The predicted octanol–water partition coefficient (Wildman–Crippen LogP) is 2.60. The Labute approximate surface area is 130 Å². The van der Waals surface area contributed by atoms with Crippen molar-refractivity contribution in [2.45, 2.75) is 0 Å². The van der Waals surface area contributed by atoms with Crippen molar-refractivity contribution in [2.24, 2.45) is 0 Å². The van der Waals surface area contributed by atoms with Gasteiger partial charge in [-0.1, -0.05) is 6.07 Å². The number of rotatable bonds is 2. The molecule has 126 valence electrons. The normalized spacial score (nSPS) is 10.4. The Morgan fingerprint density at radius 3 is 1.75 bits per heavy atom. The number of halogens is 6. The average Bonchev–Trinajstić information content (AvgIpc) is 2.56. The van der Waals surface area contributed by atoms with Gasteiger partial charge in [0.1, 0.15) is 11.4 Å². The highest BCUT2D eigenvalue weighted by atomic mass is 19.2. The van der Waals surface area contributed by atoms with Crippen molar-refractivity contribution in [3.63, 3.8) is 0 Å². The van der Waals surface area contributed by atoms with Gasteiger partial charge in [-0.05, 0) is 18.2 Å². The number of hydrogen-bond donors (Lipinski definition) is 2. The van der Waals surface area contributed by atoms with Crippen LogP contribution in [0.2, 0.25) is 0 Å². The molecule has 0 aromatic heterocycles. The Morgan fingerprint density at radius 2 is 1.21 bits per heavy atom. The van der Waals surface area contributed by atoms with Gasteiger partial charge in [-0.25, -0.2) is 26.3 Å². The van der Waals surface area contributed by atoms with Crippen LogP contribution in [-0.2, 0) is 0 Å². The van der Waals surface area contributed by atoms with Crippen molar-refractivity contribution < 1.29 is 35.9 Å². The second-order valence-electron chi connectivity index (χ2n) is 4.36. The van der Waals surface area contributed by atoms with Gasteiger partial charge in [0.25, 0.3) is 11.8 Å². The Bertz CT molecular complexity index is 811. The van der Waals surface area contributed by atoms with Gasteiger partial charge >= 0.3 is 0 Å². The highest BCUT2D eigenvalue weighted by Crippen LogP contribution is 2.22. The second kappa shape index (κ2) is 6.60. The lowest BCUT2D eigenvalue weighted by atomic mass is 10.1. The van der Waals surface area contributed by atoms with E-state index in [9.17, 15) is 35.9 Å². The maximum atomic E-state index is 13.4. The summed E-state index contributed by atoms with van der Waals surface area (Å²) in [5, 5.41) is 0. The van der Waals surface area contributed by atoms with Gasteiger partial charge in [0, 0.05) is 5.56 Å². The molecular weight excluding hydrogens is 342 g/mol. The summed E-state index contributed by atoms with van der Waals surface area (Å²) >= 11 is 0. The molecule has 2 amide bonds. The average molecular weight is 348 g/mol. The Balaban J connectivity index is 2.21. The smallest absolute Gasteiger partial charge is 0.267 e. The molecular formula is C14H6F6N2O2. The third kappa shape index (κ3) is 3.16. The molecule has 0 aliphatic carbocycles. The van der Waals surface area contributed by atoms with E-state index < -0.39 is 52.3 Å². The van der Waals surface area contributed by atoms with Crippen molar-refractivity contribution in [1.82, 2.24) is 10.9 Å². The van der Waals surface area contributed by atoms with Gasteiger partial charge in [-0.3, -0.25) is 20.4 Å². The van der Waals surface area contributed by atoms with E-state index in [1.807, 2.05) is 0 Å². The molecule has 0 atom stereocenters. The van der Waals surface area contributed by atoms with Crippen molar-refractivity contribution in [2.75, 3.05) is 0 Å². The number of carbonyl (C=O) groups excluding carboxylic acids is 2. The summed E-state index contributed by atoms with van der Waals surface area (Å²) in [6.07, 6.45) is 0. The van der Waals surface area contributed by atoms with E-state index >= 15 is 0 Å². The SMILES string of the molecule is O=C(NNC(=O)c1c(F)c(F)c(F)c(F)c1F)c1cccc(F)c1. The molecule has 2 N–H and O–H groups in total. The third-order valence-electron chi connectivity index (χ3n) is 2.81. The molecule has 0 saturated heterocycles. The molecule has 0 saturated carbocycles. The van der Waals surface area contributed by atoms with Crippen LogP contribution in [0.1, 0.15) is 20.7 Å². The molecule has 0 radical (unpaired) electrons. The Kier molecular flexibility index (Phi) is 4.77. The fourth-order valence-corrected chi connectivity index (χ4v) is 1.68. The molecule has 24 heavy (non-hydrogen) atoms. The van der Waals surface area contributed by atoms with E-state index in [4.69, 9.17) is 0 Å². The lowest BCUT2D eigenvalue weighted by Crippen LogP contribution is -2.42. The van der Waals surface area contributed by atoms with E-state index in [1.54, 1.807) is 5.43 Å². The maximum absolute atomic E-state index is 13.4. The second-order valence-corrected chi connectivity index (χ2v) is 4.36. The van der Waals surface area contributed by atoms with Crippen LogP contribution in [0.4, 0.5) is 26.3 Å². The van der Waals surface area contributed by atoms with E-state index in [2.05, 4.69) is 0 Å². The molecule has 0 aliphatic rings. The van der Waals surface area contributed by atoms with E-state index in [1.165, 1.54) is 11.5 Å². The van der Waals surface area contributed by atoms with Gasteiger partial charge in [-0.2, -0.15) is 0 Å². The van der Waals surface area contributed by atoms with Crippen LogP contribution in [0.15, 0.2) is 24.3 Å². The standard InChI is InChI=1S/C14H6F6N2O2/c15-6-3-1-2-5(4-6)13(23)21-22-14(24)7-8(16)10(18)12(20)11(19)9(7)17/h1-4H,(H,21,23)(H,22,24). The summed E-state index contributed by atoms with van der Waals surface area (Å²) in [5.74, 6) is -15.4. The molecule has 0 aliphatic heterocycles. The summed E-state index contributed by atoms with van der Waals surface area (Å²) in [6, 6.07) is 4.16. The summed E-state index contributed by atoms with van der Waals surface area (Å²) in [5.41, 5.74) is 1.10. The summed E-state index contributed by atoms with van der Waals surface area (Å²) in [4.78, 5) is 23.2. The number of nitrogens with one attached hydrogen (secondary N) is 2. The first-order valence-corrected chi connectivity index (χ1v) is 6.11. The van der Waals surface area contributed by atoms with Crippen molar-refractivity contribution >= 4 is 11.8 Å². The van der Waals surface area contributed by atoms with E-state index in [0.29, 0.717) is 0 Å². The van der Waals surface area contributed by atoms with Crippen LogP contribution in [0.5, 0.6) is 0 Å². The molecule has 2 aromatic carbocycles. The fraction of sp³-hybridized carbons (Fsp3) is 0. The number of benzene rings is 2. The number of hydrogen-bond acceptors (Lipinski definition) is 2. The highest BCUT2D eigenvalue weighted by molar-refractivity contribution is 5.99. The zero-order valence-corrected chi connectivity index (χ0v) is 11.4. The van der Waals surface area contributed by atoms with Crippen LogP contribution in [-0.4, -0.2) is 11.8 Å². The van der Waals surface area contributed by atoms with Gasteiger partial charge < -0.3 is 0 Å². The third-order valence-corrected chi connectivity index (χ3v) is 2.81. The van der Waals surface area contributed by atoms with Crippen LogP contribution in [0, 0.1) is 34.9 Å². The van der Waals surface area contributed by atoms with Crippen molar-refractivity contribution in [1.29, 1.82) is 0 Å². The number of amides is 2. The van der Waals surface area contributed by atoms with Gasteiger partial charge in [-0.15, -0.1) is 0 Å². The highest BCUT2D eigenvalue weighted by Gasteiger charge is 2.29. The van der Waals surface area contributed by atoms with Crippen LogP contribution in [0.25, 0.3) is 0 Å². The summed E-state index contributed by atoms with van der Waals surface area (Å²) in [7, 11) is 0. The minimum Gasteiger partial charge on any atom is -0.267 e.